The largest absolute Gasteiger partial charge is 0.383 e. The SMILES string of the molecule is COCC(C)n1cc(C)nc1NCC1(N(C)C)CCCC1. The van der Waals surface area contributed by atoms with Gasteiger partial charge in [-0.25, -0.2) is 4.98 Å². The van der Waals surface area contributed by atoms with E-state index < -0.39 is 0 Å². The lowest BCUT2D eigenvalue weighted by Gasteiger charge is -2.36. The van der Waals surface area contributed by atoms with Crippen LogP contribution in [0.4, 0.5) is 5.95 Å². The van der Waals surface area contributed by atoms with Crippen molar-refractivity contribution in [3.63, 3.8) is 0 Å². The molecule has 0 saturated heterocycles. The summed E-state index contributed by atoms with van der Waals surface area (Å²) in [5.41, 5.74) is 1.32. The number of ether oxygens (including phenoxy) is 1. The second-order valence-electron chi connectivity index (χ2n) is 6.60. The van der Waals surface area contributed by atoms with Crippen molar-refractivity contribution in [1.82, 2.24) is 14.5 Å². The highest BCUT2D eigenvalue weighted by Crippen LogP contribution is 2.34. The molecule has 5 heteroatoms. The quantitative estimate of drug-likeness (QED) is 0.839. The van der Waals surface area contributed by atoms with Crippen molar-refractivity contribution >= 4 is 5.95 Å². The van der Waals surface area contributed by atoms with Crippen molar-refractivity contribution in [1.29, 1.82) is 0 Å². The van der Waals surface area contributed by atoms with Crippen LogP contribution in [0, 0.1) is 6.92 Å². The van der Waals surface area contributed by atoms with E-state index in [1.165, 1.54) is 25.7 Å². The molecule has 0 radical (unpaired) electrons. The molecule has 0 amide bonds. The van der Waals surface area contributed by atoms with Gasteiger partial charge in [-0.05, 0) is 40.8 Å². The van der Waals surface area contributed by atoms with Crippen LogP contribution in [0.5, 0.6) is 0 Å². The molecule has 1 aliphatic carbocycles. The van der Waals surface area contributed by atoms with Gasteiger partial charge in [0.25, 0.3) is 0 Å². The Morgan fingerprint density at radius 2 is 2.10 bits per heavy atom. The van der Waals surface area contributed by atoms with Gasteiger partial charge in [-0.3, -0.25) is 0 Å². The molecule has 1 N–H and O–H groups in total. The van der Waals surface area contributed by atoms with Crippen LogP contribution in [0.1, 0.15) is 44.3 Å². The molecule has 1 unspecified atom stereocenters. The van der Waals surface area contributed by atoms with E-state index in [2.05, 4.69) is 47.0 Å². The molecular formula is C16H30N4O. The van der Waals surface area contributed by atoms with Crippen molar-refractivity contribution in [3.05, 3.63) is 11.9 Å². The number of nitrogens with zero attached hydrogens (tertiary/aromatic N) is 3. The van der Waals surface area contributed by atoms with Gasteiger partial charge in [0.05, 0.1) is 18.3 Å². The lowest BCUT2D eigenvalue weighted by atomic mass is 9.96. The van der Waals surface area contributed by atoms with Crippen LogP contribution in [0.3, 0.4) is 0 Å². The molecule has 0 bridgehead atoms. The molecule has 1 atom stereocenters. The van der Waals surface area contributed by atoms with E-state index in [0.717, 1.165) is 18.2 Å². The van der Waals surface area contributed by atoms with Crippen LogP contribution in [0.2, 0.25) is 0 Å². The van der Waals surface area contributed by atoms with E-state index in [1.807, 2.05) is 6.92 Å². The molecule has 0 spiro atoms. The van der Waals surface area contributed by atoms with Gasteiger partial charge in [0.15, 0.2) is 0 Å². The van der Waals surface area contributed by atoms with Gasteiger partial charge in [-0.1, -0.05) is 12.8 Å². The summed E-state index contributed by atoms with van der Waals surface area (Å²) in [5, 5.41) is 3.59. The van der Waals surface area contributed by atoms with Gasteiger partial charge in [0.2, 0.25) is 5.95 Å². The molecule has 5 nitrogen and oxygen atoms in total. The molecular weight excluding hydrogens is 264 g/mol. The number of likely N-dealkylation sites (N-methyl/N-ethyl adjacent to an activating group) is 1. The second kappa shape index (κ2) is 6.79. The first-order chi connectivity index (χ1) is 9.98. The minimum atomic E-state index is 0.273. The summed E-state index contributed by atoms with van der Waals surface area (Å²) in [5.74, 6) is 0.963. The minimum Gasteiger partial charge on any atom is -0.383 e. The molecule has 1 fully saturated rings. The van der Waals surface area contributed by atoms with Gasteiger partial charge in [0.1, 0.15) is 0 Å². The van der Waals surface area contributed by atoms with Crippen LogP contribution in [0.25, 0.3) is 0 Å². The molecule has 120 valence electrons. The Morgan fingerprint density at radius 3 is 2.67 bits per heavy atom. The molecule has 1 aromatic rings. The Labute approximate surface area is 128 Å². The number of aryl methyl sites for hydroxylation is 1. The minimum absolute atomic E-state index is 0.273. The van der Waals surface area contributed by atoms with Gasteiger partial charge in [-0.2, -0.15) is 0 Å². The highest BCUT2D eigenvalue weighted by Gasteiger charge is 2.36. The van der Waals surface area contributed by atoms with Crippen molar-refractivity contribution in [2.75, 3.05) is 39.7 Å². The van der Waals surface area contributed by atoms with E-state index in [4.69, 9.17) is 4.74 Å². The zero-order valence-electron chi connectivity index (χ0n) is 14.1. The Kier molecular flexibility index (Phi) is 5.27. The zero-order chi connectivity index (χ0) is 15.5. The maximum absolute atomic E-state index is 5.27. The Balaban J connectivity index is 2.09. The first kappa shape index (κ1) is 16.3. The van der Waals surface area contributed by atoms with Crippen molar-refractivity contribution in [2.45, 2.75) is 51.1 Å². The van der Waals surface area contributed by atoms with Crippen LogP contribution in [-0.2, 0) is 4.74 Å². The third-order valence-corrected chi connectivity index (χ3v) is 4.79. The van der Waals surface area contributed by atoms with Crippen LogP contribution in [0.15, 0.2) is 6.20 Å². The number of hydrogen-bond donors (Lipinski definition) is 1. The fourth-order valence-electron chi connectivity index (χ4n) is 3.36. The molecule has 1 aliphatic rings. The predicted molar refractivity (Wildman–Crippen MR) is 86.9 cm³/mol. The molecule has 1 heterocycles. The number of imidazole rings is 1. The fraction of sp³-hybridized carbons (Fsp3) is 0.812. The van der Waals surface area contributed by atoms with E-state index in [-0.39, 0.29) is 11.6 Å². The summed E-state index contributed by atoms with van der Waals surface area (Å²) in [6, 6.07) is 0.289. The average molecular weight is 294 g/mol. The first-order valence-corrected chi connectivity index (χ1v) is 7.94. The summed E-state index contributed by atoms with van der Waals surface area (Å²) < 4.78 is 7.47. The number of methoxy groups -OCH3 is 1. The summed E-state index contributed by atoms with van der Waals surface area (Å²) in [6.45, 7) is 5.85. The van der Waals surface area contributed by atoms with Crippen LogP contribution in [-0.4, -0.2) is 54.3 Å². The van der Waals surface area contributed by atoms with Gasteiger partial charge >= 0.3 is 0 Å². The number of hydrogen-bond acceptors (Lipinski definition) is 4. The molecule has 21 heavy (non-hydrogen) atoms. The van der Waals surface area contributed by atoms with E-state index in [1.54, 1.807) is 7.11 Å². The standard InChI is InChI=1S/C16H30N4O/c1-13-10-20(14(2)11-21-5)15(18-13)17-12-16(19(3)4)8-6-7-9-16/h10,14H,6-9,11-12H2,1-5H3,(H,17,18). The topological polar surface area (TPSA) is 42.3 Å². The third kappa shape index (κ3) is 3.58. The monoisotopic (exact) mass is 294 g/mol. The number of anilines is 1. The van der Waals surface area contributed by atoms with Crippen LogP contribution >= 0.6 is 0 Å². The molecule has 2 rings (SSSR count). The van der Waals surface area contributed by atoms with Gasteiger partial charge in [0, 0.05) is 25.4 Å². The fourth-order valence-corrected chi connectivity index (χ4v) is 3.36. The highest BCUT2D eigenvalue weighted by atomic mass is 16.5. The molecule has 0 aliphatic heterocycles. The highest BCUT2D eigenvalue weighted by molar-refractivity contribution is 5.31. The van der Waals surface area contributed by atoms with Crippen LogP contribution < -0.4 is 5.32 Å². The van der Waals surface area contributed by atoms with Gasteiger partial charge < -0.3 is 19.5 Å². The Morgan fingerprint density at radius 1 is 1.43 bits per heavy atom. The zero-order valence-corrected chi connectivity index (χ0v) is 14.1. The predicted octanol–water partition coefficient (Wildman–Crippen LogP) is 2.69. The Hall–Kier alpha value is -1.07. The van der Waals surface area contributed by atoms with E-state index >= 15 is 0 Å². The smallest absolute Gasteiger partial charge is 0.203 e. The summed E-state index contributed by atoms with van der Waals surface area (Å²) in [7, 11) is 6.13. The lowest BCUT2D eigenvalue weighted by molar-refractivity contribution is 0.161. The molecule has 1 saturated carbocycles. The van der Waals surface area contributed by atoms with Crippen molar-refractivity contribution < 1.29 is 4.74 Å². The van der Waals surface area contributed by atoms with Crippen molar-refractivity contribution in [2.24, 2.45) is 0 Å². The summed E-state index contributed by atoms with van der Waals surface area (Å²) >= 11 is 0. The normalized spacial score (nSPS) is 19.1. The first-order valence-electron chi connectivity index (χ1n) is 7.94. The lowest BCUT2D eigenvalue weighted by Crippen LogP contribution is -2.47. The molecule has 0 aromatic carbocycles. The van der Waals surface area contributed by atoms with Gasteiger partial charge in [-0.15, -0.1) is 0 Å². The van der Waals surface area contributed by atoms with Crippen molar-refractivity contribution in [3.8, 4) is 0 Å². The second-order valence-corrected chi connectivity index (χ2v) is 6.60. The number of rotatable bonds is 7. The Bertz CT molecular complexity index is 449. The molecule has 1 aromatic heterocycles. The summed E-state index contributed by atoms with van der Waals surface area (Å²) in [6.07, 6.45) is 7.28. The van der Waals surface area contributed by atoms with E-state index in [9.17, 15) is 0 Å². The number of nitrogens with one attached hydrogen (secondary N) is 1. The van der Waals surface area contributed by atoms with E-state index in [0.29, 0.717) is 6.61 Å². The maximum atomic E-state index is 5.27. The third-order valence-electron chi connectivity index (χ3n) is 4.79. The number of aromatic nitrogens is 2. The summed E-state index contributed by atoms with van der Waals surface area (Å²) in [4.78, 5) is 7.02. The maximum Gasteiger partial charge on any atom is 0.203 e. The average Bonchev–Trinajstić information content (AvgIpc) is 3.04.